The highest BCUT2D eigenvalue weighted by Crippen LogP contribution is 2.37. The molecule has 0 spiro atoms. The molecule has 0 bridgehead atoms. The lowest BCUT2D eigenvalue weighted by Crippen LogP contribution is -2.23. The number of rotatable bonds is 4. The maximum atomic E-state index is 12.5. The highest BCUT2D eigenvalue weighted by molar-refractivity contribution is 6.33. The predicted octanol–water partition coefficient (Wildman–Crippen LogP) is 4.75. The van der Waals surface area contributed by atoms with Crippen LogP contribution in [0.3, 0.4) is 0 Å². The summed E-state index contributed by atoms with van der Waals surface area (Å²) in [7, 11) is 5.98. The highest BCUT2D eigenvalue weighted by Gasteiger charge is 2.28. The topological polar surface area (TPSA) is 17.1 Å². The highest BCUT2D eigenvalue weighted by atomic mass is 16.1. The van der Waals surface area contributed by atoms with Crippen LogP contribution in [-0.4, -0.2) is 13.6 Å². The number of hydrogen-bond acceptors (Lipinski definition) is 1. The zero-order valence-electron chi connectivity index (χ0n) is 16.4. The van der Waals surface area contributed by atoms with E-state index in [4.69, 9.17) is 7.85 Å². The molecule has 0 aromatic heterocycles. The first-order valence-electron chi connectivity index (χ1n) is 8.72. The van der Waals surface area contributed by atoms with Crippen molar-refractivity contribution in [2.75, 3.05) is 0 Å². The quantitative estimate of drug-likeness (QED) is 0.584. The zero-order valence-corrected chi connectivity index (χ0v) is 16.4. The van der Waals surface area contributed by atoms with E-state index in [1.54, 1.807) is 6.92 Å². The fourth-order valence-electron chi connectivity index (χ4n) is 3.34. The molecule has 0 amide bonds. The van der Waals surface area contributed by atoms with Crippen LogP contribution in [0, 0.1) is 20.8 Å². The van der Waals surface area contributed by atoms with Gasteiger partial charge in [0.2, 0.25) is 0 Å². The Hall–Kier alpha value is -2.09. The number of hydrogen-bond donors (Lipinski definition) is 0. The van der Waals surface area contributed by atoms with E-state index in [0.717, 1.165) is 33.3 Å². The molecule has 2 radical (unpaired) electrons. The van der Waals surface area contributed by atoms with E-state index in [9.17, 15) is 4.79 Å². The second kappa shape index (κ2) is 7.03. The molecule has 2 aromatic carbocycles. The number of carbonyl (C=O) groups is 1. The Morgan fingerprint density at radius 1 is 0.920 bits per heavy atom. The van der Waals surface area contributed by atoms with Gasteiger partial charge in [-0.1, -0.05) is 72.4 Å². The van der Waals surface area contributed by atoms with Crippen molar-refractivity contribution in [2.45, 2.75) is 53.9 Å². The van der Waals surface area contributed by atoms with Crippen LogP contribution >= 0.6 is 0 Å². The maximum absolute atomic E-state index is 12.5. The molecule has 0 saturated carbocycles. The third-order valence-corrected chi connectivity index (χ3v) is 5.31. The summed E-state index contributed by atoms with van der Waals surface area (Å²) < 4.78 is 0. The van der Waals surface area contributed by atoms with Gasteiger partial charge in [0.15, 0.2) is 5.78 Å². The van der Waals surface area contributed by atoms with Gasteiger partial charge in [-0.3, -0.25) is 4.79 Å². The average Bonchev–Trinajstić information content (AvgIpc) is 2.51. The third-order valence-electron chi connectivity index (χ3n) is 5.31. The number of aryl methyl sites for hydroxylation is 3. The Balaban J connectivity index is 2.69. The zero-order chi connectivity index (χ0) is 18.9. The molecule has 25 heavy (non-hydrogen) atoms. The first kappa shape index (κ1) is 19.2. The molecule has 0 heterocycles. The minimum atomic E-state index is -0.267. The molecule has 0 fully saturated rings. The minimum Gasteiger partial charge on any atom is -0.294 e. The van der Waals surface area contributed by atoms with Gasteiger partial charge in [0.05, 0.1) is 0 Å². The van der Waals surface area contributed by atoms with E-state index in [-0.39, 0.29) is 11.2 Å². The van der Waals surface area contributed by atoms with E-state index in [1.165, 1.54) is 11.1 Å². The first-order valence-corrected chi connectivity index (χ1v) is 8.72. The largest absolute Gasteiger partial charge is 0.294 e. The molecule has 0 aliphatic carbocycles. The number of benzene rings is 2. The Kier molecular flexibility index (Phi) is 5.41. The molecular formula is C23H27BO. The van der Waals surface area contributed by atoms with Crippen LogP contribution < -0.4 is 5.46 Å². The maximum Gasteiger partial charge on any atom is 0.160 e. The lowest BCUT2D eigenvalue weighted by atomic mass is 9.73. The fourth-order valence-corrected chi connectivity index (χ4v) is 3.34. The molecule has 2 heteroatoms. The SMILES string of the molecule is [B]c1ccc(C(C)(C)/C(C)=C(\C(C)=O)c2ccc(C)cc2C)cc1C. The van der Waals surface area contributed by atoms with Crippen molar-refractivity contribution >= 4 is 24.7 Å². The molecule has 0 aliphatic heterocycles. The molecule has 0 aliphatic rings. The van der Waals surface area contributed by atoms with Crippen molar-refractivity contribution in [1.82, 2.24) is 0 Å². The van der Waals surface area contributed by atoms with Gasteiger partial charge < -0.3 is 0 Å². The number of carbonyl (C=O) groups excluding carboxylic acids is 1. The molecule has 2 rings (SSSR count). The summed E-state index contributed by atoms with van der Waals surface area (Å²) in [6.45, 7) is 14.2. The Bertz CT molecular complexity index is 856. The van der Waals surface area contributed by atoms with Crippen LogP contribution in [0.1, 0.15) is 55.5 Å². The second-order valence-corrected chi connectivity index (χ2v) is 7.57. The molecule has 0 unspecified atom stereocenters. The molecule has 128 valence electrons. The summed E-state index contributed by atoms with van der Waals surface area (Å²) in [6, 6.07) is 12.4. The third kappa shape index (κ3) is 3.79. The molecule has 0 atom stereocenters. The summed E-state index contributed by atoms with van der Waals surface area (Å²) in [5, 5.41) is 0. The van der Waals surface area contributed by atoms with Gasteiger partial charge in [0.1, 0.15) is 7.85 Å². The molecule has 0 N–H and O–H groups in total. The summed E-state index contributed by atoms with van der Waals surface area (Å²) in [5.41, 5.74) is 8.02. The van der Waals surface area contributed by atoms with Crippen molar-refractivity contribution in [3.63, 3.8) is 0 Å². The average molecular weight is 330 g/mol. The Morgan fingerprint density at radius 2 is 1.56 bits per heavy atom. The van der Waals surface area contributed by atoms with Crippen molar-refractivity contribution in [3.8, 4) is 0 Å². The minimum absolute atomic E-state index is 0.102. The van der Waals surface area contributed by atoms with Crippen molar-refractivity contribution < 1.29 is 4.79 Å². The summed E-state index contributed by atoms with van der Waals surface area (Å²) >= 11 is 0. The van der Waals surface area contributed by atoms with E-state index in [2.05, 4.69) is 65.0 Å². The van der Waals surface area contributed by atoms with E-state index >= 15 is 0 Å². The lowest BCUT2D eigenvalue weighted by Gasteiger charge is -2.30. The molecular weight excluding hydrogens is 303 g/mol. The number of Topliss-reactive ketones (excluding diaryl/α,β-unsaturated/α-hetero) is 1. The van der Waals surface area contributed by atoms with Crippen molar-refractivity contribution in [3.05, 3.63) is 69.8 Å². The summed E-state index contributed by atoms with van der Waals surface area (Å²) in [5.74, 6) is 0.102. The molecule has 0 saturated heterocycles. The van der Waals surface area contributed by atoms with Gasteiger partial charge in [0.25, 0.3) is 0 Å². The molecule has 2 aromatic rings. The van der Waals surface area contributed by atoms with E-state index < -0.39 is 0 Å². The first-order chi connectivity index (χ1) is 11.6. The summed E-state index contributed by atoms with van der Waals surface area (Å²) in [6.07, 6.45) is 0. The van der Waals surface area contributed by atoms with Gasteiger partial charge >= 0.3 is 0 Å². The monoisotopic (exact) mass is 330 g/mol. The number of ketones is 1. The van der Waals surface area contributed by atoms with Crippen LogP contribution in [0.2, 0.25) is 0 Å². The van der Waals surface area contributed by atoms with Gasteiger partial charge in [-0.2, -0.15) is 0 Å². The number of allylic oxidation sites excluding steroid dienone is 2. The second-order valence-electron chi connectivity index (χ2n) is 7.57. The standard InChI is InChI=1S/C23H27BO/c1-14-8-10-20(15(2)12-14)22(18(5)25)17(4)23(6,7)19-9-11-21(24)16(3)13-19/h8-13H,1-7H3/b22-17+. The fraction of sp³-hybridized carbons (Fsp3) is 0.348. The van der Waals surface area contributed by atoms with Gasteiger partial charge in [0, 0.05) is 11.0 Å². The van der Waals surface area contributed by atoms with Gasteiger partial charge in [-0.05, 0) is 51.3 Å². The van der Waals surface area contributed by atoms with Crippen LogP contribution in [-0.2, 0) is 10.2 Å². The van der Waals surface area contributed by atoms with Gasteiger partial charge in [-0.25, -0.2) is 0 Å². The van der Waals surface area contributed by atoms with Crippen LogP contribution in [0.25, 0.3) is 5.57 Å². The van der Waals surface area contributed by atoms with Gasteiger partial charge in [-0.15, -0.1) is 0 Å². The molecule has 1 nitrogen and oxygen atoms in total. The van der Waals surface area contributed by atoms with Crippen LogP contribution in [0.5, 0.6) is 0 Å². The Morgan fingerprint density at radius 3 is 2.08 bits per heavy atom. The lowest BCUT2D eigenvalue weighted by molar-refractivity contribution is -0.111. The Labute approximate surface area is 153 Å². The normalized spacial score (nSPS) is 12.8. The van der Waals surface area contributed by atoms with E-state index in [0.29, 0.717) is 0 Å². The van der Waals surface area contributed by atoms with Crippen LogP contribution in [0.15, 0.2) is 42.0 Å². The smallest absolute Gasteiger partial charge is 0.160 e. The van der Waals surface area contributed by atoms with E-state index in [1.807, 2.05) is 13.0 Å². The van der Waals surface area contributed by atoms with Crippen LogP contribution in [0.4, 0.5) is 0 Å². The summed E-state index contributed by atoms with van der Waals surface area (Å²) in [4.78, 5) is 12.5. The van der Waals surface area contributed by atoms with Crippen molar-refractivity contribution in [1.29, 1.82) is 0 Å². The predicted molar refractivity (Wildman–Crippen MR) is 109 cm³/mol. The van der Waals surface area contributed by atoms with Crippen molar-refractivity contribution in [2.24, 2.45) is 0 Å².